The molecule has 0 aliphatic rings. The number of pyridine rings is 1. The second-order valence-corrected chi connectivity index (χ2v) is 9.91. The topological polar surface area (TPSA) is 50.3 Å². The molecule has 3 rings (SSSR count). The molecule has 0 bridgehead atoms. The Balaban J connectivity index is 1.76. The number of benzene rings is 1. The first kappa shape index (κ1) is 17.7. The average Bonchev–Trinajstić information content (AvgIpc) is 2.90. The summed E-state index contributed by atoms with van der Waals surface area (Å²) in [5, 5.41) is 2.62. The summed E-state index contributed by atoms with van der Waals surface area (Å²) in [5.74, 6) is 0.699. The zero-order valence-electron chi connectivity index (χ0n) is 13.1. The summed E-state index contributed by atoms with van der Waals surface area (Å²) in [6.07, 6.45) is 1.39. The van der Waals surface area contributed by atoms with E-state index in [0.717, 1.165) is 20.3 Å². The second-order valence-electron chi connectivity index (χ2n) is 5.24. The first-order chi connectivity index (χ1) is 11.4. The van der Waals surface area contributed by atoms with Crippen LogP contribution >= 0.6 is 34.7 Å². The Bertz CT molecular complexity index is 967. The molecule has 8 heteroatoms. The number of hydrogen-bond acceptors (Lipinski definition) is 5. The monoisotopic (exact) mass is 398 g/mol. The van der Waals surface area contributed by atoms with Crippen LogP contribution in [0.15, 0.2) is 52.5 Å². The van der Waals surface area contributed by atoms with Crippen molar-refractivity contribution in [3.8, 4) is 0 Å². The lowest BCUT2D eigenvalue weighted by Gasteiger charge is -2.10. The van der Waals surface area contributed by atoms with Gasteiger partial charge < -0.3 is 0 Å². The molecule has 0 saturated heterocycles. The normalized spacial score (nSPS) is 12.2. The van der Waals surface area contributed by atoms with Gasteiger partial charge in [0, 0.05) is 41.0 Å². The molecule has 0 atom stereocenters. The van der Waals surface area contributed by atoms with E-state index in [4.69, 9.17) is 11.6 Å². The first-order valence-electron chi connectivity index (χ1n) is 7.07. The maximum atomic E-state index is 12.0. The number of thioether (sulfide) groups is 1. The summed E-state index contributed by atoms with van der Waals surface area (Å²) in [5.41, 5.74) is 0. The summed E-state index contributed by atoms with van der Waals surface area (Å²) in [6, 6.07) is 11.3. The van der Waals surface area contributed by atoms with Crippen LogP contribution in [0.1, 0.15) is 4.88 Å². The third kappa shape index (κ3) is 3.45. The summed E-state index contributed by atoms with van der Waals surface area (Å²) >= 11 is 9.64. The lowest BCUT2D eigenvalue weighted by atomic mass is 10.2. The molecule has 0 saturated carbocycles. The van der Waals surface area contributed by atoms with Crippen LogP contribution in [0.5, 0.6) is 0 Å². The molecule has 0 aliphatic heterocycles. The van der Waals surface area contributed by atoms with Gasteiger partial charge >= 0.3 is 0 Å². The van der Waals surface area contributed by atoms with Gasteiger partial charge in [0.2, 0.25) is 10.0 Å². The molecule has 3 aromatic rings. The molecule has 0 aliphatic carbocycles. The molecule has 2 aromatic heterocycles. The van der Waals surface area contributed by atoms with Crippen molar-refractivity contribution in [2.75, 3.05) is 14.1 Å². The van der Waals surface area contributed by atoms with Crippen molar-refractivity contribution in [3.63, 3.8) is 0 Å². The lowest BCUT2D eigenvalue weighted by Crippen LogP contribution is -2.22. The highest BCUT2D eigenvalue weighted by Crippen LogP contribution is 2.38. The fourth-order valence-electron chi connectivity index (χ4n) is 2.11. The van der Waals surface area contributed by atoms with Crippen molar-refractivity contribution < 1.29 is 8.42 Å². The fourth-order valence-corrected chi connectivity index (χ4v) is 5.46. The Kier molecular flexibility index (Phi) is 5.17. The summed E-state index contributed by atoms with van der Waals surface area (Å²) in [4.78, 5) is 5.53. The van der Waals surface area contributed by atoms with E-state index in [0.29, 0.717) is 5.75 Å². The minimum absolute atomic E-state index is 0.191. The number of rotatable bonds is 5. The van der Waals surface area contributed by atoms with Crippen LogP contribution in [0.4, 0.5) is 0 Å². The van der Waals surface area contributed by atoms with Crippen LogP contribution in [-0.2, 0) is 15.8 Å². The van der Waals surface area contributed by atoms with Gasteiger partial charge in [-0.1, -0.05) is 29.8 Å². The van der Waals surface area contributed by atoms with Gasteiger partial charge in [0.15, 0.2) is 0 Å². The molecule has 0 radical (unpaired) electrons. The van der Waals surface area contributed by atoms with Gasteiger partial charge in [-0.25, -0.2) is 17.7 Å². The molecule has 24 heavy (non-hydrogen) atoms. The molecule has 1 aromatic carbocycles. The van der Waals surface area contributed by atoms with Gasteiger partial charge in [-0.3, -0.25) is 0 Å². The third-order valence-electron chi connectivity index (χ3n) is 3.44. The Morgan fingerprint density at radius 1 is 1.21 bits per heavy atom. The van der Waals surface area contributed by atoms with Crippen LogP contribution in [0.2, 0.25) is 5.02 Å². The molecular formula is C16H15ClN2O2S3. The Labute approximate surface area is 154 Å². The fraction of sp³-hybridized carbons (Fsp3) is 0.188. The summed E-state index contributed by atoms with van der Waals surface area (Å²) < 4.78 is 26.4. The van der Waals surface area contributed by atoms with Crippen molar-refractivity contribution in [2.24, 2.45) is 0 Å². The van der Waals surface area contributed by atoms with Gasteiger partial charge in [0.1, 0.15) is 4.90 Å². The minimum atomic E-state index is -3.44. The number of sulfonamides is 1. The van der Waals surface area contributed by atoms with Crippen LogP contribution in [-0.4, -0.2) is 31.8 Å². The molecule has 2 heterocycles. The van der Waals surface area contributed by atoms with Crippen molar-refractivity contribution >= 4 is 54.8 Å². The molecular weight excluding hydrogens is 384 g/mol. The molecule has 0 spiro atoms. The van der Waals surface area contributed by atoms with Crippen molar-refractivity contribution in [1.29, 1.82) is 0 Å². The van der Waals surface area contributed by atoms with E-state index in [-0.39, 0.29) is 4.90 Å². The van der Waals surface area contributed by atoms with Gasteiger partial charge in [-0.15, -0.1) is 23.1 Å². The number of hydrogen-bond donors (Lipinski definition) is 0. The molecule has 0 unspecified atom stereocenters. The van der Waals surface area contributed by atoms with Crippen LogP contribution in [0, 0.1) is 0 Å². The smallest absolute Gasteiger partial charge is 0.244 e. The van der Waals surface area contributed by atoms with Gasteiger partial charge in [-0.2, -0.15) is 0 Å². The maximum absolute atomic E-state index is 12.0. The van der Waals surface area contributed by atoms with Crippen molar-refractivity contribution in [3.05, 3.63) is 52.5 Å². The number of aromatic nitrogens is 1. The summed E-state index contributed by atoms with van der Waals surface area (Å²) in [6.45, 7) is 0. The van der Waals surface area contributed by atoms with Gasteiger partial charge in [-0.05, 0) is 18.2 Å². The van der Waals surface area contributed by atoms with E-state index in [1.807, 2.05) is 18.2 Å². The molecule has 126 valence electrons. The molecule has 0 amide bonds. The molecule has 0 fully saturated rings. The largest absolute Gasteiger partial charge is 0.249 e. The average molecular weight is 399 g/mol. The van der Waals surface area contributed by atoms with Crippen molar-refractivity contribution in [2.45, 2.75) is 15.7 Å². The highest BCUT2D eigenvalue weighted by Gasteiger charge is 2.17. The summed E-state index contributed by atoms with van der Waals surface area (Å²) in [7, 11) is -0.439. The Morgan fingerprint density at radius 3 is 2.58 bits per heavy atom. The van der Waals surface area contributed by atoms with E-state index in [2.05, 4.69) is 11.1 Å². The Morgan fingerprint density at radius 2 is 1.96 bits per heavy atom. The van der Waals surface area contributed by atoms with E-state index >= 15 is 0 Å². The molecule has 4 nitrogen and oxygen atoms in total. The Hall–Kier alpha value is -1.12. The quantitative estimate of drug-likeness (QED) is 0.594. The van der Waals surface area contributed by atoms with E-state index < -0.39 is 10.0 Å². The van der Waals surface area contributed by atoms with E-state index in [9.17, 15) is 8.42 Å². The van der Waals surface area contributed by atoms with Gasteiger partial charge in [0.05, 0.1) is 10.0 Å². The predicted octanol–water partition coefficient (Wildman–Crippen LogP) is 4.49. The van der Waals surface area contributed by atoms with Crippen LogP contribution < -0.4 is 0 Å². The predicted molar refractivity (Wildman–Crippen MR) is 102 cm³/mol. The van der Waals surface area contributed by atoms with Gasteiger partial charge in [0.25, 0.3) is 0 Å². The third-order valence-corrected chi connectivity index (χ3v) is 8.11. The standard InChI is InChI=1S/C16H15ClN2O2S3/c1-19(2)24(20,21)11-7-8-15(18-9-11)22-10-14-16(17)12-5-3-4-6-13(12)23-14/h3-9H,10H2,1-2H3. The second kappa shape index (κ2) is 7.01. The zero-order valence-corrected chi connectivity index (χ0v) is 16.3. The highest BCUT2D eigenvalue weighted by molar-refractivity contribution is 7.98. The minimum Gasteiger partial charge on any atom is -0.249 e. The number of thiophene rings is 1. The van der Waals surface area contributed by atoms with E-state index in [1.165, 1.54) is 41.1 Å². The maximum Gasteiger partial charge on any atom is 0.244 e. The SMILES string of the molecule is CN(C)S(=O)(=O)c1ccc(SCc2sc3ccccc3c2Cl)nc1. The number of nitrogens with zero attached hydrogens (tertiary/aromatic N) is 2. The first-order valence-corrected chi connectivity index (χ1v) is 10.7. The van der Waals surface area contributed by atoms with Crippen LogP contribution in [0.3, 0.4) is 0 Å². The molecule has 0 N–H and O–H groups in total. The lowest BCUT2D eigenvalue weighted by molar-refractivity contribution is 0.520. The highest BCUT2D eigenvalue weighted by atomic mass is 35.5. The van der Waals surface area contributed by atoms with Crippen molar-refractivity contribution in [1.82, 2.24) is 9.29 Å². The van der Waals surface area contributed by atoms with E-state index in [1.54, 1.807) is 23.5 Å². The number of halogens is 1. The zero-order chi connectivity index (χ0) is 17.3. The van der Waals surface area contributed by atoms with Crippen LogP contribution in [0.25, 0.3) is 10.1 Å². The number of fused-ring (bicyclic) bond motifs is 1.